The highest BCUT2D eigenvalue weighted by Gasteiger charge is 2.32. The van der Waals surface area contributed by atoms with Gasteiger partial charge in [0.2, 0.25) is 5.91 Å². The summed E-state index contributed by atoms with van der Waals surface area (Å²) in [5.74, 6) is 0.416. The number of rotatable bonds is 6. The maximum atomic E-state index is 11.7. The molecule has 3 N–H and O–H groups in total. The van der Waals surface area contributed by atoms with E-state index in [1.54, 1.807) is 6.92 Å². The highest BCUT2D eigenvalue weighted by molar-refractivity contribution is 5.81. The van der Waals surface area contributed by atoms with Gasteiger partial charge in [0.05, 0.1) is 12.6 Å². The molecule has 0 spiro atoms. The summed E-state index contributed by atoms with van der Waals surface area (Å²) in [7, 11) is 0. The summed E-state index contributed by atoms with van der Waals surface area (Å²) >= 11 is 0. The maximum Gasteiger partial charge on any atom is 0.236 e. The molecule has 0 aromatic carbocycles. The van der Waals surface area contributed by atoms with Crippen molar-refractivity contribution >= 4 is 5.91 Å². The predicted octanol–water partition coefficient (Wildman–Crippen LogP) is -0.112. The minimum absolute atomic E-state index is 0.0267. The molecule has 0 saturated carbocycles. The third-order valence-electron chi connectivity index (χ3n) is 2.90. The van der Waals surface area contributed by atoms with Crippen LogP contribution >= 0.6 is 0 Å². The molecular formula is C12H24N2O3. The number of carbonyl (C=O) groups excluding carboxylic acids is 1. The molecule has 0 aromatic rings. The van der Waals surface area contributed by atoms with Crippen LogP contribution in [0.15, 0.2) is 0 Å². The Balaban J connectivity index is 2.23. The van der Waals surface area contributed by atoms with E-state index in [1.807, 2.05) is 0 Å². The van der Waals surface area contributed by atoms with Crippen molar-refractivity contribution in [3.05, 3.63) is 0 Å². The van der Waals surface area contributed by atoms with Gasteiger partial charge in [-0.3, -0.25) is 4.79 Å². The van der Waals surface area contributed by atoms with Crippen LogP contribution in [0.3, 0.4) is 0 Å². The normalized spacial score (nSPS) is 26.2. The van der Waals surface area contributed by atoms with Gasteiger partial charge in [-0.05, 0) is 12.8 Å². The number of nitrogens with one attached hydrogen (secondary N) is 2. The third kappa shape index (κ3) is 5.02. The molecule has 1 aliphatic heterocycles. The Morgan fingerprint density at radius 2 is 2.18 bits per heavy atom. The van der Waals surface area contributed by atoms with Gasteiger partial charge < -0.3 is 20.5 Å². The Hall–Kier alpha value is -0.650. The number of ether oxygens (including phenoxy) is 1. The van der Waals surface area contributed by atoms with Crippen LogP contribution in [0.5, 0.6) is 0 Å². The van der Waals surface area contributed by atoms with Crippen molar-refractivity contribution in [1.82, 2.24) is 10.6 Å². The fourth-order valence-corrected chi connectivity index (χ4v) is 1.63. The Morgan fingerprint density at radius 3 is 2.71 bits per heavy atom. The van der Waals surface area contributed by atoms with E-state index < -0.39 is 5.60 Å². The van der Waals surface area contributed by atoms with Crippen molar-refractivity contribution < 1.29 is 14.6 Å². The van der Waals surface area contributed by atoms with E-state index in [1.165, 1.54) is 0 Å². The van der Waals surface area contributed by atoms with Gasteiger partial charge in [-0.15, -0.1) is 0 Å². The summed E-state index contributed by atoms with van der Waals surface area (Å²) in [6.45, 7) is 7.91. The van der Waals surface area contributed by atoms with Crippen molar-refractivity contribution in [3.63, 3.8) is 0 Å². The Kier molecular flexibility index (Phi) is 5.36. The summed E-state index contributed by atoms with van der Waals surface area (Å²) in [6, 6.07) is -0.293. The zero-order valence-electron chi connectivity index (χ0n) is 11.0. The van der Waals surface area contributed by atoms with E-state index in [0.29, 0.717) is 38.6 Å². The van der Waals surface area contributed by atoms with Gasteiger partial charge in [0.1, 0.15) is 5.60 Å². The first-order valence-corrected chi connectivity index (χ1v) is 6.24. The first kappa shape index (κ1) is 14.4. The number of amides is 1. The van der Waals surface area contributed by atoms with Crippen molar-refractivity contribution in [2.24, 2.45) is 5.92 Å². The lowest BCUT2D eigenvalue weighted by molar-refractivity contribution is -0.123. The van der Waals surface area contributed by atoms with Crippen LogP contribution in [0.1, 0.15) is 27.2 Å². The minimum atomic E-state index is -0.813. The zero-order valence-corrected chi connectivity index (χ0v) is 11.0. The lowest BCUT2D eigenvalue weighted by atomic mass is 10.0. The van der Waals surface area contributed by atoms with Gasteiger partial charge in [0, 0.05) is 26.1 Å². The monoisotopic (exact) mass is 244 g/mol. The lowest BCUT2D eigenvalue weighted by Crippen LogP contribution is -2.49. The second-order valence-electron chi connectivity index (χ2n) is 5.27. The molecule has 100 valence electrons. The van der Waals surface area contributed by atoms with Gasteiger partial charge in [-0.2, -0.15) is 0 Å². The highest BCUT2D eigenvalue weighted by Crippen LogP contribution is 2.16. The number of aliphatic hydroxyl groups is 1. The van der Waals surface area contributed by atoms with Crippen LogP contribution in [-0.2, 0) is 9.53 Å². The van der Waals surface area contributed by atoms with Crippen molar-refractivity contribution in [1.29, 1.82) is 0 Å². The van der Waals surface area contributed by atoms with Gasteiger partial charge in [0.15, 0.2) is 0 Å². The second kappa shape index (κ2) is 6.33. The summed E-state index contributed by atoms with van der Waals surface area (Å²) < 4.78 is 5.14. The molecule has 1 heterocycles. The van der Waals surface area contributed by atoms with Gasteiger partial charge in [-0.1, -0.05) is 13.8 Å². The highest BCUT2D eigenvalue weighted by atomic mass is 16.5. The molecule has 5 heteroatoms. The molecule has 17 heavy (non-hydrogen) atoms. The van der Waals surface area contributed by atoms with Gasteiger partial charge in [-0.25, -0.2) is 0 Å². The molecule has 1 saturated heterocycles. The van der Waals surface area contributed by atoms with Crippen molar-refractivity contribution in [2.75, 3.05) is 26.3 Å². The lowest BCUT2D eigenvalue weighted by Gasteiger charge is -2.23. The van der Waals surface area contributed by atoms with Crippen LogP contribution in [0.25, 0.3) is 0 Å². The van der Waals surface area contributed by atoms with Crippen molar-refractivity contribution in [3.8, 4) is 0 Å². The smallest absolute Gasteiger partial charge is 0.236 e. The first-order chi connectivity index (χ1) is 7.93. The molecule has 2 atom stereocenters. The Bertz CT molecular complexity index is 250. The van der Waals surface area contributed by atoms with Crippen LogP contribution in [0.2, 0.25) is 0 Å². The molecule has 0 aliphatic carbocycles. The fraction of sp³-hybridized carbons (Fsp3) is 0.917. The van der Waals surface area contributed by atoms with E-state index >= 15 is 0 Å². The number of hydrogen-bond donors (Lipinski definition) is 3. The summed E-state index contributed by atoms with van der Waals surface area (Å²) in [5, 5.41) is 15.9. The summed E-state index contributed by atoms with van der Waals surface area (Å²) in [5.41, 5.74) is -0.813. The quantitative estimate of drug-likeness (QED) is 0.609. The average molecular weight is 244 g/mol. The van der Waals surface area contributed by atoms with Crippen LogP contribution in [0, 0.1) is 5.92 Å². The second-order valence-corrected chi connectivity index (χ2v) is 5.27. The van der Waals surface area contributed by atoms with Gasteiger partial charge in [0.25, 0.3) is 0 Å². The molecular weight excluding hydrogens is 220 g/mol. The molecule has 5 nitrogen and oxygen atoms in total. The van der Waals surface area contributed by atoms with Crippen LogP contribution in [-0.4, -0.2) is 49.0 Å². The molecule has 0 bridgehead atoms. The Morgan fingerprint density at radius 1 is 1.47 bits per heavy atom. The molecule has 1 aliphatic rings. The van der Waals surface area contributed by atoms with Crippen molar-refractivity contribution in [2.45, 2.75) is 38.8 Å². The van der Waals surface area contributed by atoms with Crippen LogP contribution in [0.4, 0.5) is 0 Å². The minimum Gasteiger partial charge on any atom is -0.386 e. The Labute approximate surface area is 103 Å². The molecule has 2 unspecified atom stereocenters. The molecule has 1 rings (SSSR count). The number of carbonyl (C=O) groups is 1. The standard InChI is InChI=1S/C12H24N2O3/c1-9(2)6-13-11(15)10(3)14-7-12(16)4-5-17-8-12/h9-10,14,16H,4-8H2,1-3H3,(H,13,15). The fourth-order valence-electron chi connectivity index (χ4n) is 1.63. The van der Waals surface area contributed by atoms with E-state index in [0.717, 1.165) is 0 Å². The largest absolute Gasteiger partial charge is 0.386 e. The average Bonchev–Trinajstić information content (AvgIpc) is 2.70. The van der Waals surface area contributed by atoms with E-state index in [9.17, 15) is 9.90 Å². The maximum absolute atomic E-state index is 11.7. The zero-order chi connectivity index (χ0) is 12.9. The topological polar surface area (TPSA) is 70.6 Å². The number of hydrogen-bond acceptors (Lipinski definition) is 4. The predicted molar refractivity (Wildman–Crippen MR) is 65.7 cm³/mol. The van der Waals surface area contributed by atoms with E-state index in [4.69, 9.17) is 4.74 Å². The van der Waals surface area contributed by atoms with E-state index in [2.05, 4.69) is 24.5 Å². The molecule has 1 fully saturated rings. The first-order valence-electron chi connectivity index (χ1n) is 6.24. The SMILES string of the molecule is CC(C)CNC(=O)C(C)NCC1(O)CCOC1. The summed E-state index contributed by atoms with van der Waals surface area (Å²) in [4.78, 5) is 11.7. The summed E-state index contributed by atoms with van der Waals surface area (Å²) in [6.07, 6.45) is 0.625. The molecule has 0 radical (unpaired) electrons. The third-order valence-corrected chi connectivity index (χ3v) is 2.90. The van der Waals surface area contributed by atoms with Crippen LogP contribution < -0.4 is 10.6 Å². The molecule has 1 amide bonds. The molecule has 0 aromatic heterocycles. The van der Waals surface area contributed by atoms with E-state index in [-0.39, 0.29) is 11.9 Å². The van der Waals surface area contributed by atoms with Gasteiger partial charge >= 0.3 is 0 Å².